The number of thiophene rings is 1. The van der Waals surface area contributed by atoms with E-state index in [1.165, 1.54) is 28.4 Å². The van der Waals surface area contributed by atoms with Gasteiger partial charge in [0.1, 0.15) is 5.00 Å². The average Bonchev–Trinajstić information content (AvgIpc) is 3.39. The van der Waals surface area contributed by atoms with Gasteiger partial charge in [0.25, 0.3) is 11.8 Å². The Kier molecular flexibility index (Phi) is 11.0. The topological polar surface area (TPSA) is 119 Å². The van der Waals surface area contributed by atoms with Gasteiger partial charge in [-0.05, 0) is 74.9 Å². The van der Waals surface area contributed by atoms with Crippen molar-refractivity contribution in [1.29, 1.82) is 0 Å². The van der Waals surface area contributed by atoms with E-state index in [4.69, 9.17) is 0 Å². The van der Waals surface area contributed by atoms with Crippen molar-refractivity contribution in [2.75, 3.05) is 32.5 Å². The average molecular weight is 658 g/mol. The monoisotopic (exact) mass is 657 g/mol. The zero-order chi connectivity index (χ0) is 32.1. The van der Waals surface area contributed by atoms with Gasteiger partial charge in [0.2, 0.25) is 10.0 Å². The molecule has 3 aliphatic rings. The Morgan fingerprint density at radius 2 is 1.51 bits per heavy atom. The van der Waals surface area contributed by atoms with E-state index in [-0.39, 0.29) is 17.0 Å². The van der Waals surface area contributed by atoms with Gasteiger partial charge >= 0.3 is 6.03 Å². The fourth-order valence-electron chi connectivity index (χ4n) is 7.00. The number of imide groups is 1. The minimum atomic E-state index is -3.74. The lowest BCUT2D eigenvalue weighted by atomic mass is 9.91. The molecule has 2 N–H and O–H groups in total. The normalized spacial score (nSPS) is 18.4. The predicted octanol–water partition coefficient (Wildman–Crippen LogP) is 5.84. The maximum absolute atomic E-state index is 14.1. The molecule has 2 aliphatic carbocycles. The molecule has 0 unspecified atom stereocenters. The molecular formula is C33H47N5O5S2. The van der Waals surface area contributed by atoms with Crippen LogP contribution in [0.25, 0.3) is 0 Å². The van der Waals surface area contributed by atoms with Gasteiger partial charge in [-0.2, -0.15) is 4.31 Å². The lowest BCUT2D eigenvalue weighted by molar-refractivity contribution is 0.0956. The molecule has 0 atom stereocenters. The van der Waals surface area contributed by atoms with E-state index in [1.807, 2.05) is 4.31 Å². The zero-order valence-corrected chi connectivity index (χ0v) is 28.4. The minimum absolute atomic E-state index is 0.0249. The number of sulfonamides is 1. The number of anilines is 1. The molecule has 0 radical (unpaired) electrons. The molecule has 2 aromatic rings. The van der Waals surface area contributed by atoms with E-state index in [9.17, 15) is 22.8 Å². The maximum Gasteiger partial charge on any atom is 0.323 e. The van der Waals surface area contributed by atoms with Gasteiger partial charge in [-0.15, -0.1) is 11.3 Å². The molecule has 1 aromatic carbocycles. The maximum atomic E-state index is 14.1. The summed E-state index contributed by atoms with van der Waals surface area (Å²) >= 11 is 1.36. The number of benzene rings is 1. The fraction of sp³-hybridized carbons (Fsp3) is 0.606. The van der Waals surface area contributed by atoms with Crippen LogP contribution in [0, 0.1) is 0 Å². The van der Waals surface area contributed by atoms with Crippen molar-refractivity contribution >= 4 is 44.2 Å². The lowest BCUT2D eigenvalue weighted by Gasteiger charge is -2.40. The van der Waals surface area contributed by atoms with Crippen molar-refractivity contribution < 1.29 is 22.8 Å². The predicted molar refractivity (Wildman–Crippen MR) is 177 cm³/mol. The first-order valence-corrected chi connectivity index (χ1v) is 18.7. The summed E-state index contributed by atoms with van der Waals surface area (Å²) in [6.45, 7) is 4.54. The zero-order valence-electron chi connectivity index (χ0n) is 26.8. The molecule has 5 rings (SSSR count). The fourth-order valence-corrected chi connectivity index (χ4v) is 10.2. The summed E-state index contributed by atoms with van der Waals surface area (Å²) in [5, 5.41) is 5.74. The van der Waals surface area contributed by atoms with E-state index in [0.717, 1.165) is 94.2 Å². The second-order valence-electron chi connectivity index (χ2n) is 12.8. The summed E-state index contributed by atoms with van der Waals surface area (Å²) < 4.78 is 30.0. The molecular weight excluding hydrogens is 611 g/mol. The van der Waals surface area contributed by atoms with Crippen LogP contribution in [-0.2, 0) is 23.0 Å². The van der Waals surface area contributed by atoms with Crippen LogP contribution in [0.3, 0.4) is 0 Å². The third kappa shape index (κ3) is 7.61. The molecule has 0 bridgehead atoms. The van der Waals surface area contributed by atoms with E-state index >= 15 is 0 Å². The molecule has 1 aliphatic heterocycles. The molecule has 0 saturated heterocycles. The number of nitrogens with zero attached hydrogens (tertiary/aromatic N) is 3. The van der Waals surface area contributed by atoms with Gasteiger partial charge in [0.15, 0.2) is 0 Å². The smallest absolute Gasteiger partial charge is 0.323 e. The highest BCUT2D eigenvalue weighted by molar-refractivity contribution is 7.89. The summed E-state index contributed by atoms with van der Waals surface area (Å²) in [5.74, 6) is -0.982. The van der Waals surface area contributed by atoms with Crippen molar-refractivity contribution in [2.24, 2.45) is 0 Å². The summed E-state index contributed by atoms with van der Waals surface area (Å²) in [4.78, 5) is 44.0. The summed E-state index contributed by atoms with van der Waals surface area (Å²) in [6, 6.07) is 5.69. The molecule has 2 fully saturated rings. The Hall–Kier alpha value is -2.80. The Morgan fingerprint density at radius 1 is 0.911 bits per heavy atom. The molecule has 2 heterocycles. The number of hydrogen-bond donors (Lipinski definition) is 2. The summed E-state index contributed by atoms with van der Waals surface area (Å²) in [6.07, 6.45) is 11.7. The highest BCUT2D eigenvalue weighted by Crippen LogP contribution is 2.38. The Bertz CT molecular complexity index is 1460. The molecule has 12 heteroatoms. The third-order valence-corrected chi connectivity index (χ3v) is 12.5. The van der Waals surface area contributed by atoms with E-state index < -0.39 is 27.9 Å². The second-order valence-corrected chi connectivity index (χ2v) is 15.7. The van der Waals surface area contributed by atoms with Gasteiger partial charge in [-0.3, -0.25) is 19.8 Å². The summed E-state index contributed by atoms with van der Waals surface area (Å²) in [5.41, 5.74) is 1.48. The van der Waals surface area contributed by atoms with Crippen LogP contribution in [0.4, 0.5) is 9.80 Å². The third-order valence-electron chi connectivity index (χ3n) is 9.32. The van der Waals surface area contributed by atoms with Crippen molar-refractivity contribution in [3.05, 3.63) is 45.8 Å². The van der Waals surface area contributed by atoms with Crippen LogP contribution in [0.2, 0.25) is 0 Å². The number of carbonyl (C=O) groups is 3. The molecule has 1 aromatic heterocycles. The molecule has 4 amide bonds. The van der Waals surface area contributed by atoms with Crippen LogP contribution >= 0.6 is 11.3 Å². The number of hydrogen-bond acceptors (Lipinski definition) is 7. The number of carbonyl (C=O) groups excluding carboxylic acids is 3. The van der Waals surface area contributed by atoms with Gasteiger partial charge in [0.05, 0.1) is 10.5 Å². The first-order chi connectivity index (χ1) is 21.6. The second kappa shape index (κ2) is 14.7. The number of amides is 4. The van der Waals surface area contributed by atoms with Crippen LogP contribution in [0.1, 0.15) is 109 Å². The number of fused-ring (bicyclic) bond motifs is 1. The lowest BCUT2D eigenvalue weighted by Crippen LogP contribution is -2.48. The number of nitrogens with one attached hydrogen (secondary N) is 2. The van der Waals surface area contributed by atoms with Gasteiger partial charge in [-0.1, -0.05) is 45.4 Å². The number of urea groups is 1. The Balaban J connectivity index is 1.38. The van der Waals surface area contributed by atoms with Crippen molar-refractivity contribution in [2.45, 2.75) is 107 Å². The largest absolute Gasteiger partial charge is 0.331 e. The Morgan fingerprint density at radius 3 is 2.07 bits per heavy atom. The van der Waals surface area contributed by atoms with Crippen molar-refractivity contribution in [3.63, 3.8) is 0 Å². The highest BCUT2D eigenvalue weighted by Gasteiger charge is 2.38. The van der Waals surface area contributed by atoms with E-state index in [2.05, 4.69) is 22.5 Å². The quantitative estimate of drug-likeness (QED) is 0.350. The first-order valence-electron chi connectivity index (χ1n) is 16.4. The minimum Gasteiger partial charge on any atom is -0.331 e. The van der Waals surface area contributed by atoms with Crippen LogP contribution < -0.4 is 10.6 Å². The van der Waals surface area contributed by atoms with Crippen LogP contribution in [-0.4, -0.2) is 79.6 Å². The van der Waals surface area contributed by atoms with Crippen LogP contribution in [0.5, 0.6) is 0 Å². The standard InChI is InChI=1S/C33H47N5O5S2/c1-4-20-37-21-19-27-28(22-37)44-32(29(27)31(40)35-33(41)36(2)3)34-30(39)23-15-17-26(18-16-23)45(42,43)38(24-11-7-5-8-12-24)25-13-9-6-10-14-25/h15-18,24-25H,4-14,19-22H2,1-3H3,(H,34,39)(H,35,40,41). The molecule has 10 nitrogen and oxygen atoms in total. The molecule has 45 heavy (non-hydrogen) atoms. The number of rotatable bonds is 9. The molecule has 0 spiro atoms. The highest BCUT2D eigenvalue weighted by atomic mass is 32.2. The van der Waals surface area contributed by atoms with Gasteiger partial charge < -0.3 is 10.2 Å². The molecule has 246 valence electrons. The van der Waals surface area contributed by atoms with E-state index in [1.54, 1.807) is 26.2 Å². The first kappa shape index (κ1) is 33.6. The van der Waals surface area contributed by atoms with Gasteiger partial charge in [0, 0.05) is 49.7 Å². The van der Waals surface area contributed by atoms with Crippen LogP contribution in [0.15, 0.2) is 29.2 Å². The van der Waals surface area contributed by atoms with E-state index in [0.29, 0.717) is 29.1 Å². The van der Waals surface area contributed by atoms with Crippen molar-refractivity contribution in [1.82, 2.24) is 19.4 Å². The Labute approximate surface area is 271 Å². The molecule has 2 saturated carbocycles. The SMILES string of the molecule is CCCN1CCc2c(sc(NC(=O)c3ccc(S(=O)(=O)N(C4CCCCC4)C4CCCCC4)cc3)c2C(=O)NC(=O)N(C)C)C1. The summed E-state index contributed by atoms with van der Waals surface area (Å²) in [7, 11) is -0.620. The van der Waals surface area contributed by atoms with Crippen molar-refractivity contribution in [3.8, 4) is 0 Å². The van der Waals surface area contributed by atoms with Gasteiger partial charge in [-0.25, -0.2) is 13.2 Å².